The summed E-state index contributed by atoms with van der Waals surface area (Å²) in [5.41, 5.74) is 1.79. The van der Waals surface area contributed by atoms with Crippen LogP contribution in [0.1, 0.15) is 51.7 Å². The van der Waals surface area contributed by atoms with Gasteiger partial charge >= 0.3 is 0 Å². The third-order valence-electron chi connectivity index (χ3n) is 2.88. The second kappa shape index (κ2) is 12.2. The van der Waals surface area contributed by atoms with E-state index in [4.69, 9.17) is 11.6 Å². The van der Waals surface area contributed by atoms with Gasteiger partial charge in [-0.25, -0.2) is 0 Å². The first-order valence-electron chi connectivity index (χ1n) is 7.71. The van der Waals surface area contributed by atoms with Crippen molar-refractivity contribution in [1.82, 2.24) is 0 Å². The molecule has 2 nitrogen and oxygen atoms in total. The molecule has 2 atom stereocenters. The number of hydrogen-bond donors (Lipinski definition) is 1. The quantitative estimate of drug-likeness (QED) is 0.404. The van der Waals surface area contributed by atoms with Crippen LogP contribution < -0.4 is 0 Å². The Morgan fingerprint density at radius 3 is 2.45 bits per heavy atom. The van der Waals surface area contributed by atoms with Crippen molar-refractivity contribution >= 4 is 17.4 Å². The Balaban J connectivity index is 0.00000211. The van der Waals surface area contributed by atoms with Gasteiger partial charge < -0.3 is 5.11 Å². The molecule has 3 heteroatoms. The number of carbonyl (C=O) groups is 1. The zero-order chi connectivity index (χ0) is 17.0. The van der Waals surface area contributed by atoms with E-state index in [9.17, 15) is 9.90 Å². The van der Waals surface area contributed by atoms with Crippen molar-refractivity contribution in [2.75, 3.05) is 0 Å². The summed E-state index contributed by atoms with van der Waals surface area (Å²) in [5.74, 6) is -0.0210. The highest BCUT2D eigenvalue weighted by molar-refractivity contribution is 6.20. The lowest BCUT2D eigenvalue weighted by molar-refractivity contribution is -0.114. The number of ketones is 1. The van der Waals surface area contributed by atoms with Crippen LogP contribution in [0.2, 0.25) is 0 Å². The van der Waals surface area contributed by atoms with Crippen LogP contribution in [0.25, 0.3) is 0 Å². The van der Waals surface area contributed by atoms with Gasteiger partial charge in [-0.3, -0.25) is 4.79 Å². The molecule has 0 aromatic heterocycles. The number of alkyl halides is 1. The van der Waals surface area contributed by atoms with E-state index >= 15 is 0 Å². The molecule has 0 amide bonds. The number of carbonyl (C=O) groups excluding carboxylic acids is 1. The van der Waals surface area contributed by atoms with Gasteiger partial charge in [-0.15, -0.1) is 18.2 Å². The van der Waals surface area contributed by atoms with Crippen molar-refractivity contribution in [3.63, 3.8) is 0 Å². The van der Waals surface area contributed by atoms with E-state index in [0.29, 0.717) is 12.8 Å². The molecule has 2 unspecified atom stereocenters. The fourth-order valence-electron chi connectivity index (χ4n) is 1.82. The lowest BCUT2D eigenvalue weighted by atomic mass is 10.1. The second-order valence-corrected chi connectivity index (χ2v) is 5.60. The van der Waals surface area contributed by atoms with Crippen LogP contribution in [0.4, 0.5) is 0 Å². The normalized spacial score (nSPS) is 13.1. The van der Waals surface area contributed by atoms with E-state index in [1.807, 2.05) is 51.1 Å². The average Bonchev–Trinajstić information content (AvgIpc) is 2.52. The first-order chi connectivity index (χ1) is 10.5. The maximum atomic E-state index is 11.7. The number of allylic oxidation sites excluding steroid dienone is 2. The van der Waals surface area contributed by atoms with Crippen molar-refractivity contribution in [2.45, 2.75) is 51.5 Å². The Labute approximate surface area is 139 Å². The number of halogens is 1. The van der Waals surface area contributed by atoms with Crippen molar-refractivity contribution in [3.05, 3.63) is 60.2 Å². The summed E-state index contributed by atoms with van der Waals surface area (Å²) >= 11 is 6.09. The standard InChI is InChI=1S/C17H21ClO2.C2H6/c1-13(2)12-15(18)8-9-16(19)10-11-17(20)14-6-4-3-5-7-14;1-2/h3-7,10-11,15,17,20H,1,8-9,12H2,2H3;1-2H3/b11-10+;. The molecule has 0 saturated heterocycles. The Hall–Kier alpha value is -1.38. The highest BCUT2D eigenvalue weighted by Crippen LogP contribution is 2.16. The first-order valence-corrected chi connectivity index (χ1v) is 8.15. The van der Waals surface area contributed by atoms with E-state index < -0.39 is 6.10 Å². The molecule has 1 rings (SSSR count). The maximum Gasteiger partial charge on any atom is 0.155 e. The largest absolute Gasteiger partial charge is 0.384 e. The second-order valence-electron chi connectivity index (χ2n) is 4.98. The Bertz CT molecular complexity index is 466. The zero-order valence-electron chi connectivity index (χ0n) is 13.8. The van der Waals surface area contributed by atoms with E-state index in [1.165, 1.54) is 12.2 Å². The molecule has 0 bridgehead atoms. The molecule has 0 fully saturated rings. The Morgan fingerprint density at radius 2 is 1.91 bits per heavy atom. The summed E-state index contributed by atoms with van der Waals surface area (Å²) in [6, 6.07) is 9.23. The minimum absolute atomic E-state index is 0.0210. The molecule has 0 aliphatic rings. The van der Waals surface area contributed by atoms with Gasteiger partial charge in [-0.2, -0.15) is 0 Å². The highest BCUT2D eigenvalue weighted by atomic mass is 35.5. The van der Waals surface area contributed by atoms with Crippen LogP contribution in [0.5, 0.6) is 0 Å². The molecule has 0 aliphatic heterocycles. The van der Waals surface area contributed by atoms with Crippen LogP contribution in [-0.2, 0) is 4.79 Å². The SMILES string of the molecule is C=C(C)CC(Cl)CCC(=O)/C=C/C(O)c1ccccc1.CC. The zero-order valence-corrected chi connectivity index (χ0v) is 14.5. The Kier molecular flexibility index (Phi) is 11.4. The molecule has 1 N–H and O–H groups in total. The van der Waals surface area contributed by atoms with Crippen molar-refractivity contribution in [1.29, 1.82) is 0 Å². The topological polar surface area (TPSA) is 37.3 Å². The van der Waals surface area contributed by atoms with Gasteiger partial charge in [0.15, 0.2) is 5.78 Å². The smallest absolute Gasteiger partial charge is 0.155 e. The maximum absolute atomic E-state index is 11.7. The van der Waals surface area contributed by atoms with Crippen molar-refractivity contribution in [3.8, 4) is 0 Å². The third-order valence-corrected chi connectivity index (χ3v) is 3.25. The van der Waals surface area contributed by atoms with Gasteiger partial charge in [0.25, 0.3) is 0 Å². The number of aliphatic hydroxyl groups is 1. The molecule has 0 radical (unpaired) electrons. The third kappa shape index (κ3) is 9.54. The van der Waals surface area contributed by atoms with Crippen molar-refractivity contribution < 1.29 is 9.90 Å². The average molecular weight is 323 g/mol. The minimum atomic E-state index is -0.748. The van der Waals surface area contributed by atoms with E-state index in [2.05, 4.69) is 6.58 Å². The molecule has 1 aromatic rings. The first kappa shape index (κ1) is 20.6. The molecule has 0 aliphatic carbocycles. The predicted octanol–water partition coefficient (Wildman–Crippen LogP) is 5.23. The molecule has 122 valence electrons. The number of aliphatic hydroxyl groups excluding tert-OH is 1. The van der Waals surface area contributed by atoms with Gasteiger partial charge in [0, 0.05) is 11.8 Å². The monoisotopic (exact) mass is 322 g/mol. The lowest BCUT2D eigenvalue weighted by Gasteiger charge is -2.07. The predicted molar refractivity (Wildman–Crippen MR) is 95.2 cm³/mol. The molecule has 22 heavy (non-hydrogen) atoms. The fraction of sp³-hybridized carbons (Fsp3) is 0.421. The summed E-state index contributed by atoms with van der Waals surface area (Å²) in [7, 11) is 0. The molecular formula is C19H27ClO2. The lowest BCUT2D eigenvalue weighted by Crippen LogP contribution is -2.03. The van der Waals surface area contributed by atoms with Gasteiger partial charge in [0.2, 0.25) is 0 Å². The molecule has 1 aromatic carbocycles. The van der Waals surface area contributed by atoms with Crippen LogP contribution in [0.15, 0.2) is 54.6 Å². The molecular weight excluding hydrogens is 296 g/mol. The van der Waals surface area contributed by atoms with Gasteiger partial charge in [-0.1, -0.05) is 49.8 Å². The van der Waals surface area contributed by atoms with E-state index in [-0.39, 0.29) is 11.2 Å². The van der Waals surface area contributed by atoms with Crippen LogP contribution in [0.3, 0.4) is 0 Å². The number of rotatable bonds is 8. The Morgan fingerprint density at radius 1 is 1.32 bits per heavy atom. The minimum Gasteiger partial charge on any atom is -0.384 e. The number of hydrogen-bond acceptors (Lipinski definition) is 2. The van der Waals surface area contributed by atoms with Crippen LogP contribution in [0, 0.1) is 0 Å². The van der Waals surface area contributed by atoms with E-state index in [1.54, 1.807) is 0 Å². The summed E-state index contributed by atoms with van der Waals surface area (Å²) in [5, 5.41) is 9.84. The van der Waals surface area contributed by atoms with Gasteiger partial charge in [0.05, 0.1) is 6.10 Å². The summed E-state index contributed by atoms with van der Waals surface area (Å²) in [6.07, 6.45) is 3.94. The summed E-state index contributed by atoms with van der Waals surface area (Å²) in [6.45, 7) is 9.72. The van der Waals surface area contributed by atoms with Crippen molar-refractivity contribution in [2.24, 2.45) is 0 Å². The van der Waals surface area contributed by atoms with Gasteiger partial charge in [-0.05, 0) is 37.5 Å². The highest BCUT2D eigenvalue weighted by Gasteiger charge is 2.08. The van der Waals surface area contributed by atoms with Gasteiger partial charge in [0.1, 0.15) is 0 Å². The van der Waals surface area contributed by atoms with E-state index in [0.717, 1.165) is 17.6 Å². The molecule has 0 saturated carbocycles. The molecule has 0 spiro atoms. The fourth-order valence-corrected chi connectivity index (χ4v) is 2.19. The molecule has 0 heterocycles. The summed E-state index contributed by atoms with van der Waals surface area (Å²) < 4.78 is 0. The summed E-state index contributed by atoms with van der Waals surface area (Å²) in [4.78, 5) is 11.7. The van der Waals surface area contributed by atoms with Crippen LogP contribution >= 0.6 is 11.6 Å². The van der Waals surface area contributed by atoms with Crippen LogP contribution in [-0.4, -0.2) is 16.3 Å². The number of benzene rings is 1.